The summed E-state index contributed by atoms with van der Waals surface area (Å²) in [5.41, 5.74) is 1.89. The Hall–Kier alpha value is -2.22. The van der Waals surface area contributed by atoms with Crippen molar-refractivity contribution in [2.75, 3.05) is 0 Å². The van der Waals surface area contributed by atoms with Gasteiger partial charge in [-0.3, -0.25) is 0 Å². The third-order valence-electron chi connectivity index (χ3n) is 2.59. The van der Waals surface area contributed by atoms with Crippen molar-refractivity contribution in [3.8, 4) is 11.5 Å². The Labute approximate surface area is 107 Å². The highest BCUT2D eigenvalue weighted by Gasteiger charge is 2.01. The molecule has 2 heteroatoms. The largest absolute Gasteiger partial charge is 0.507 e. The average Bonchev–Trinajstić information content (AvgIpc) is 2.41. The first kappa shape index (κ1) is 12.2. The van der Waals surface area contributed by atoms with E-state index < -0.39 is 0 Å². The van der Waals surface area contributed by atoms with Crippen molar-refractivity contribution in [3.05, 3.63) is 65.7 Å². The predicted molar refractivity (Wildman–Crippen MR) is 73.6 cm³/mol. The Kier molecular flexibility index (Phi) is 4.02. The van der Waals surface area contributed by atoms with Gasteiger partial charge in [-0.25, -0.2) is 0 Å². The Morgan fingerprint density at radius 3 is 2.61 bits per heavy atom. The first-order valence-corrected chi connectivity index (χ1v) is 5.92. The molecule has 0 aliphatic carbocycles. The van der Waals surface area contributed by atoms with Crippen LogP contribution in [-0.2, 0) is 6.61 Å². The van der Waals surface area contributed by atoms with E-state index in [1.807, 2.05) is 55.5 Å². The maximum Gasteiger partial charge on any atom is 0.123 e. The summed E-state index contributed by atoms with van der Waals surface area (Å²) in [7, 11) is 0. The van der Waals surface area contributed by atoms with Gasteiger partial charge in [0.1, 0.15) is 18.1 Å². The minimum atomic E-state index is 0.264. The molecule has 0 aliphatic rings. The van der Waals surface area contributed by atoms with Crippen LogP contribution in [0.1, 0.15) is 18.1 Å². The van der Waals surface area contributed by atoms with Crippen molar-refractivity contribution < 1.29 is 9.84 Å². The molecule has 18 heavy (non-hydrogen) atoms. The van der Waals surface area contributed by atoms with E-state index in [4.69, 9.17) is 4.74 Å². The van der Waals surface area contributed by atoms with E-state index in [0.717, 1.165) is 16.9 Å². The minimum Gasteiger partial charge on any atom is -0.507 e. The second-order valence-electron chi connectivity index (χ2n) is 3.99. The predicted octanol–water partition coefficient (Wildman–Crippen LogP) is 4.00. The van der Waals surface area contributed by atoms with Gasteiger partial charge >= 0.3 is 0 Å². The number of hydrogen-bond donors (Lipinski definition) is 1. The second-order valence-corrected chi connectivity index (χ2v) is 3.99. The zero-order valence-electron chi connectivity index (χ0n) is 10.3. The number of rotatable bonds is 4. The zero-order valence-corrected chi connectivity index (χ0v) is 10.3. The number of phenolic OH excluding ortho intramolecular Hbond substituents is 1. The molecule has 0 spiro atoms. The van der Waals surface area contributed by atoms with E-state index in [0.29, 0.717) is 6.61 Å². The standard InChI is InChI=1S/C16H16O2/c1-2-6-14-11-15(9-10-16(14)17)18-12-13-7-4-3-5-8-13/h2-11,17H,12H2,1H3. The van der Waals surface area contributed by atoms with Crippen molar-refractivity contribution in [3.63, 3.8) is 0 Å². The molecule has 0 aliphatic heterocycles. The molecule has 92 valence electrons. The molecule has 0 saturated heterocycles. The molecule has 2 aromatic carbocycles. The SMILES string of the molecule is CC=Cc1cc(OCc2ccccc2)ccc1O. The molecule has 0 heterocycles. The van der Waals surface area contributed by atoms with E-state index in [-0.39, 0.29) is 5.75 Å². The fraction of sp³-hybridized carbons (Fsp3) is 0.125. The average molecular weight is 240 g/mol. The lowest BCUT2D eigenvalue weighted by Crippen LogP contribution is -1.95. The summed E-state index contributed by atoms with van der Waals surface area (Å²) in [5.74, 6) is 1.02. The van der Waals surface area contributed by atoms with Crippen LogP contribution in [0.15, 0.2) is 54.6 Å². The molecule has 0 amide bonds. The first-order valence-electron chi connectivity index (χ1n) is 5.92. The van der Waals surface area contributed by atoms with Gasteiger partial charge in [0.05, 0.1) is 0 Å². The molecule has 1 N–H and O–H groups in total. The number of aromatic hydroxyl groups is 1. The van der Waals surface area contributed by atoms with Gasteiger partial charge in [0.15, 0.2) is 0 Å². The number of allylic oxidation sites excluding steroid dienone is 1. The normalized spacial score (nSPS) is 10.7. The van der Waals surface area contributed by atoms with Crippen molar-refractivity contribution >= 4 is 6.08 Å². The van der Waals surface area contributed by atoms with Crippen LogP contribution in [-0.4, -0.2) is 5.11 Å². The molecule has 2 rings (SSSR count). The molecule has 2 aromatic rings. The van der Waals surface area contributed by atoms with Crippen molar-refractivity contribution in [2.45, 2.75) is 13.5 Å². The van der Waals surface area contributed by atoms with Crippen LogP contribution in [0.2, 0.25) is 0 Å². The topological polar surface area (TPSA) is 29.5 Å². The highest BCUT2D eigenvalue weighted by molar-refractivity contribution is 5.58. The summed E-state index contributed by atoms with van der Waals surface area (Å²) in [4.78, 5) is 0. The summed E-state index contributed by atoms with van der Waals surface area (Å²) in [6.45, 7) is 2.44. The minimum absolute atomic E-state index is 0.264. The van der Waals surface area contributed by atoms with E-state index in [9.17, 15) is 5.11 Å². The number of phenols is 1. The van der Waals surface area contributed by atoms with Gasteiger partial charge in [0.2, 0.25) is 0 Å². The zero-order chi connectivity index (χ0) is 12.8. The smallest absolute Gasteiger partial charge is 0.123 e. The summed E-state index contributed by atoms with van der Waals surface area (Å²) < 4.78 is 5.69. The van der Waals surface area contributed by atoms with Crippen molar-refractivity contribution in [2.24, 2.45) is 0 Å². The summed E-state index contributed by atoms with van der Waals surface area (Å²) >= 11 is 0. The fourth-order valence-corrected chi connectivity index (χ4v) is 1.68. The van der Waals surface area contributed by atoms with Gasteiger partial charge in [0.25, 0.3) is 0 Å². The van der Waals surface area contributed by atoms with Crippen LogP contribution < -0.4 is 4.74 Å². The summed E-state index contributed by atoms with van der Waals surface area (Å²) in [5, 5.41) is 9.64. The van der Waals surface area contributed by atoms with Gasteiger partial charge in [0, 0.05) is 5.56 Å². The molecule has 0 unspecified atom stereocenters. The van der Waals surface area contributed by atoms with Gasteiger partial charge < -0.3 is 9.84 Å². The molecular weight excluding hydrogens is 224 g/mol. The molecule has 0 fully saturated rings. The third kappa shape index (κ3) is 3.14. The lowest BCUT2D eigenvalue weighted by atomic mass is 10.2. The summed E-state index contributed by atoms with van der Waals surface area (Å²) in [6, 6.07) is 15.2. The van der Waals surface area contributed by atoms with Gasteiger partial charge in [-0.2, -0.15) is 0 Å². The maximum atomic E-state index is 9.64. The molecule has 0 aromatic heterocycles. The molecular formula is C16H16O2. The first-order chi connectivity index (χ1) is 8.79. The van der Waals surface area contributed by atoms with Crippen molar-refractivity contribution in [1.82, 2.24) is 0 Å². The molecule has 0 saturated carbocycles. The van der Waals surface area contributed by atoms with Crippen molar-refractivity contribution in [1.29, 1.82) is 0 Å². The molecule has 0 atom stereocenters. The Morgan fingerprint density at radius 1 is 1.11 bits per heavy atom. The highest BCUT2D eigenvalue weighted by Crippen LogP contribution is 2.24. The van der Waals surface area contributed by atoms with Gasteiger partial charge in [-0.15, -0.1) is 0 Å². The monoisotopic (exact) mass is 240 g/mol. The lowest BCUT2D eigenvalue weighted by molar-refractivity contribution is 0.305. The van der Waals surface area contributed by atoms with E-state index in [1.165, 1.54) is 0 Å². The van der Waals surface area contributed by atoms with Crippen LogP contribution in [0.3, 0.4) is 0 Å². The van der Waals surface area contributed by atoms with E-state index >= 15 is 0 Å². The summed E-state index contributed by atoms with van der Waals surface area (Å²) in [6.07, 6.45) is 3.74. The fourth-order valence-electron chi connectivity index (χ4n) is 1.68. The van der Waals surface area contributed by atoms with Gasteiger partial charge in [-0.05, 0) is 30.7 Å². The van der Waals surface area contributed by atoms with E-state index in [2.05, 4.69) is 0 Å². The Morgan fingerprint density at radius 2 is 1.89 bits per heavy atom. The number of ether oxygens (including phenoxy) is 1. The lowest BCUT2D eigenvalue weighted by Gasteiger charge is -2.08. The van der Waals surface area contributed by atoms with Crippen LogP contribution in [0.25, 0.3) is 6.08 Å². The highest BCUT2D eigenvalue weighted by atomic mass is 16.5. The van der Waals surface area contributed by atoms with Crippen LogP contribution in [0.4, 0.5) is 0 Å². The van der Waals surface area contributed by atoms with Gasteiger partial charge in [-0.1, -0.05) is 42.5 Å². The van der Waals surface area contributed by atoms with Crippen LogP contribution in [0.5, 0.6) is 11.5 Å². The maximum absolute atomic E-state index is 9.64. The molecule has 0 bridgehead atoms. The second kappa shape index (κ2) is 5.92. The third-order valence-corrected chi connectivity index (χ3v) is 2.59. The molecule has 0 radical (unpaired) electrons. The number of benzene rings is 2. The Bertz CT molecular complexity index is 530. The number of hydrogen-bond acceptors (Lipinski definition) is 2. The van der Waals surface area contributed by atoms with E-state index in [1.54, 1.807) is 12.1 Å². The van der Waals surface area contributed by atoms with Crippen LogP contribution in [0, 0.1) is 0 Å². The Balaban J connectivity index is 2.08. The molecule has 2 nitrogen and oxygen atoms in total. The quantitative estimate of drug-likeness (QED) is 0.875. The van der Waals surface area contributed by atoms with Crippen LogP contribution >= 0.6 is 0 Å².